The maximum atomic E-state index is 13.1. The van der Waals surface area contributed by atoms with E-state index in [0.717, 1.165) is 5.52 Å². The Morgan fingerprint density at radius 2 is 2.35 bits per heavy atom. The summed E-state index contributed by atoms with van der Waals surface area (Å²) in [4.78, 5) is 14.6. The van der Waals surface area contributed by atoms with Crippen molar-refractivity contribution in [2.24, 2.45) is 0 Å². The molecule has 0 fully saturated rings. The first-order valence-corrected chi connectivity index (χ1v) is 6.66. The Hall–Kier alpha value is -1.73. The maximum absolute atomic E-state index is 13.1. The number of fused-ring (bicyclic) bond motifs is 1. The van der Waals surface area contributed by atoms with E-state index in [1.54, 1.807) is 17.7 Å². The summed E-state index contributed by atoms with van der Waals surface area (Å²) in [5, 5.41) is 2.74. The van der Waals surface area contributed by atoms with Crippen molar-refractivity contribution in [1.29, 1.82) is 0 Å². The lowest BCUT2D eigenvalue weighted by atomic mass is 10.3. The van der Waals surface area contributed by atoms with E-state index in [2.05, 4.69) is 10.3 Å². The van der Waals surface area contributed by atoms with Gasteiger partial charge in [0, 0.05) is 26.6 Å². The Bertz CT molecular complexity index is 665. The number of halogens is 1. The lowest BCUT2D eigenvalue weighted by Gasteiger charge is -2.06. The predicted molar refractivity (Wildman–Crippen MR) is 76.6 cm³/mol. The molecule has 0 aliphatic rings. The van der Waals surface area contributed by atoms with E-state index in [0.29, 0.717) is 36.4 Å². The molecule has 0 radical (unpaired) electrons. The highest BCUT2D eigenvalue weighted by Crippen LogP contribution is 2.15. The van der Waals surface area contributed by atoms with E-state index >= 15 is 0 Å². The molecule has 0 saturated carbocycles. The van der Waals surface area contributed by atoms with Crippen LogP contribution in [0.1, 0.15) is 6.42 Å². The number of aromatic amines is 1. The molecule has 20 heavy (non-hydrogen) atoms. The third kappa shape index (κ3) is 3.43. The molecule has 5 nitrogen and oxygen atoms in total. The molecule has 2 N–H and O–H groups in total. The van der Waals surface area contributed by atoms with Gasteiger partial charge in [-0.2, -0.15) is 0 Å². The Morgan fingerprint density at radius 1 is 1.55 bits per heavy atom. The van der Waals surface area contributed by atoms with Crippen LogP contribution in [0, 0.1) is 10.6 Å². The van der Waals surface area contributed by atoms with Crippen molar-refractivity contribution in [2.45, 2.75) is 13.0 Å². The van der Waals surface area contributed by atoms with Crippen LogP contribution in [0.4, 0.5) is 4.39 Å². The number of amides is 1. The summed E-state index contributed by atoms with van der Waals surface area (Å²) in [6, 6.07) is 4.42. The standard InChI is InChI=1S/C13H16FN3O2S/c1-19-7-5-15-12(18)4-6-17-11-3-2-9(14)8-10(11)16-13(17)20/h2-3,8H,4-7H2,1H3,(H,15,18)(H,16,20). The molecule has 2 aromatic rings. The molecule has 1 heterocycles. The zero-order valence-corrected chi connectivity index (χ0v) is 11.9. The first-order valence-electron chi connectivity index (χ1n) is 6.25. The van der Waals surface area contributed by atoms with E-state index in [1.807, 2.05) is 0 Å². The first kappa shape index (κ1) is 14.7. The number of rotatable bonds is 6. The van der Waals surface area contributed by atoms with E-state index in [1.165, 1.54) is 12.1 Å². The first-order chi connectivity index (χ1) is 9.61. The molecule has 1 amide bonds. The Balaban J connectivity index is 2.05. The van der Waals surface area contributed by atoms with Gasteiger partial charge in [-0.15, -0.1) is 0 Å². The van der Waals surface area contributed by atoms with Crippen molar-refractivity contribution < 1.29 is 13.9 Å². The average Bonchev–Trinajstić information content (AvgIpc) is 2.71. The minimum Gasteiger partial charge on any atom is -0.383 e. The molecule has 7 heteroatoms. The number of nitrogens with one attached hydrogen (secondary N) is 2. The summed E-state index contributed by atoms with van der Waals surface area (Å²) in [5.74, 6) is -0.390. The molecular weight excluding hydrogens is 281 g/mol. The zero-order valence-electron chi connectivity index (χ0n) is 11.1. The minimum atomic E-state index is -0.321. The number of carbonyl (C=O) groups excluding carboxylic acids is 1. The van der Waals surface area contributed by atoms with Crippen LogP contribution in [0.5, 0.6) is 0 Å². The quantitative estimate of drug-likeness (QED) is 0.633. The molecule has 2 rings (SSSR count). The lowest BCUT2D eigenvalue weighted by molar-refractivity contribution is -0.121. The molecule has 0 atom stereocenters. The van der Waals surface area contributed by atoms with Crippen molar-refractivity contribution in [2.75, 3.05) is 20.3 Å². The number of ether oxygens (including phenoxy) is 1. The van der Waals surface area contributed by atoms with Crippen molar-refractivity contribution in [3.05, 3.63) is 28.8 Å². The van der Waals surface area contributed by atoms with Gasteiger partial charge in [-0.05, 0) is 30.4 Å². The maximum Gasteiger partial charge on any atom is 0.221 e. The number of benzene rings is 1. The fourth-order valence-corrected chi connectivity index (χ4v) is 2.25. The van der Waals surface area contributed by atoms with E-state index < -0.39 is 0 Å². The summed E-state index contributed by atoms with van der Waals surface area (Å²) in [6.45, 7) is 1.42. The number of H-pyrrole nitrogens is 1. The Kier molecular flexibility index (Phi) is 4.86. The summed E-state index contributed by atoms with van der Waals surface area (Å²) in [5.41, 5.74) is 1.43. The largest absolute Gasteiger partial charge is 0.383 e. The van der Waals surface area contributed by atoms with E-state index in [4.69, 9.17) is 17.0 Å². The summed E-state index contributed by atoms with van der Waals surface area (Å²) < 4.78 is 20.3. The van der Waals surface area contributed by atoms with Gasteiger partial charge in [0.15, 0.2) is 4.77 Å². The molecule has 1 aromatic carbocycles. The normalized spacial score (nSPS) is 10.9. The molecule has 0 aliphatic heterocycles. The van der Waals surface area contributed by atoms with Crippen LogP contribution in [0.2, 0.25) is 0 Å². The number of carbonyl (C=O) groups is 1. The van der Waals surface area contributed by atoms with Crippen molar-refractivity contribution >= 4 is 29.2 Å². The molecule has 1 aromatic heterocycles. The number of nitrogens with zero attached hydrogens (tertiary/aromatic N) is 1. The van der Waals surface area contributed by atoms with Gasteiger partial charge in [0.1, 0.15) is 5.82 Å². The highest BCUT2D eigenvalue weighted by molar-refractivity contribution is 7.71. The highest BCUT2D eigenvalue weighted by atomic mass is 32.1. The molecule has 0 spiro atoms. The molecular formula is C13H16FN3O2S. The minimum absolute atomic E-state index is 0.0691. The topological polar surface area (TPSA) is 59.0 Å². The van der Waals surface area contributed by atoms with Gasteiger partial charge in [0.25, 0.3) is 0 Å². The van der Waals surface area contributed by atoms with Crippen molar-refractivity contribution in [1.82, 2.24) is 14.9 Å². The smallest absolute Gasteiger partial charge is 0.221 e. The Labute approximate surface area is 120 Å². The van der Waals surface area contributed by atoms with Crippen molar-refractivity contribution in [3.8, 4) is 0 Å². The molecule has 0 bridgehead atoms. The number of methoxy groups -OCH3 is 1. The van der Waals surface area contributed by atoms with Crippen LogP contribution in [-0.2, 0) is 16.1 Å². The van der Waals surface area contributed by atoms with Gasteiger partial charge in [0.05, 0.1) is 17.6 Å². The van der Waals surface area contributed by atoms with Crippen molar-refractivity contribution in [3.63, 3.8) is 0 Å². The number of imidazole rings is 1. The summed E-state index contributed by atoms with van der Waals surface area (Å²) in [7, 11) is 1.58. The van der Waals surface area contributed by atoms with Gasteiger partial charge in [-0.1, -0.05) is 0 Å². The zero-order chi connectivity index (χ0) is 14.5. The van der Waals surface area contributed by atoms with Crippen LogP contribution < -0.4 is 5.32 Å². The van der Waals surface area contributed by atoms with Crippen LogP contribution >= 0.6 is 12.2 Å². The van der Waals surface area contributed by atoms with Gasteiger partial charge >= 0.3 is 0 Å². The highest BCUT2D eigenvalue weighted by Gasteiger charge is 2.07. The van der Waals surface area contributed by atoms with Crippen LogP contribution in [0.3, 0.4) is 0 Å². The number of hydrogen-bond acceptors (Lipinski definition) is 3. The second-order valence-corrected chi connectivity index (χ2v) is 4.72. The van der Waals surface area contributed by atoms with Gasteiger partial charge < -0.3 is 19.6 Å². The molecule has 0 saturated heterocycles. The molecule has 0 unspecified atom stereocenters. The van der Waals surface area contributed by atoms with Gasteiger partial charge in [-0.3, -0.25) is 4.79 Å². The second kappa shape index (κ2) is 6.62. The van der Waals surface area contributed by atoms with Crippen LogP contribution in [0.25, 0.3) is 11.0 Å². The van der Waals surface area contributed by atoms with Gasteiger partial charge in [-0.25, -0.2) is 4.39 Å². The fourth-order valence-electron chi connectivity index (χ4n) is 1.95. The SMILES string of the molecule is COCCNC(=O)CCn1c(=S)[nH]c2cc(F)ccc21. The monoisotopic (exact) mass is 297 g/mol. The van der Waals surface area contributed by atoms with Gasteiger partial charge in [0.2, 0.25) is 5.91 Å². The van der Waals surface area contributed by atoms with Crippen LogP contribution in [0.15, 0.2) is 18.2 Å². The Morgan fingerprint density at radius 3 is 3.10 bits per heavy atom. The van der Waals surface area contributed by atoms with Crippen LogP contribution in [-0.4, -0.2) is 35.7 Å². The lowest BCUT2D eigenvalue weighted by Crippen LogP contribution is -2.27. The summed E-state index contributed by atoms with van der Waals surface area (Å²) in [6.07, 6.45) is 0.308. The second-order valence-electron chi connectivity index (χ2n) is 4.34. The number of hydrogen-bond donors (Lipinski definition) is 2. The van der Waals surface area contributed by atoms with E-state index in [-0.39, 0.29) is 11.7 Å². The predicted octanol–water partition coefficient (Wildman–Crippen LogP) is 1.99. The third-order valence-electron chi connectivity index (χ3n) is 2.93. The third-order valence-corrected chi connectivity index (χ3v) is 3.25. The average molecular weight is 297 g/mol. The van der Waals surface area contributed by atoms with E-state index in [9.17, 15) is 9.18 Å². The number of aryl methyl sites for hydroxylation is 1. The summed E-state index contributed by atoms with van der Waals surface area (Å²) >= 11 is 5.19. The number of aromatic nitrogens is 2. The molecule has 108 valence electrons. The molecule has 0 aliphatic carbocycles. The fraction of sp³-hybridized carbons (Fsp3) is 0.385.